The number of alkyl carbamates (subject to hydrolysis) is 1. The summed E-state index contributed by atoms with van der Waals surface area (Å²) in [5.74, 6) is -1.40. The number of amides is 3. The predicted molar refractivity (Wildman–Crippen MR) is 173 cm³/mol. The molecule has 12 nitrogen and oxygen atoms in total. The monoisotopic (exact) mass is 613 g/mol. The largest absolute Gasteiger partial charge is 0.444 e. The average Bonchev–Trinajstić information content (AvgIpc) is 3.33. The number of nitrogens with two attached hydrogens (primary N) is 2. The Morgan fingerprint density at radius 2 is 1.59 bits per heavy atom. The number of hydrogen-bond acceptors (Lipinski definition) is 6. The van der Waals surface area contributed by atoms with Gasteiger partial charge in [0.2, 0.25) is 11.8 Å². The van der Waals surface area contributed by atoms with Crippen LogP contribution in [-0.4, -0.2) is 64.9 Å². The number of aliphatic imine (C=N–C) groups is 1. The van der Waals surface area contributed by atoms with Gasteiger partial charge in [-0.3, -0.25) is 19.4 Å². The summed E-state index contributed by atoms with van der Waals surface area (Å²) in [5.41, 5.74) is 11.1. The summed E-state index contributed by atoms with van der Waals surface area (Å²) in [4.78, 5) is 60.8. The van der Waals surface area contributed by atoms with Crippen molar-refractivity contribution in [2.75, 3.05) is 6.54 Å². The molecule has 0 aliphatic heterocycles. The Morgan fingerprint density at radius 3 is 2.18 bits per heavy atom. The molecule has 12 heteroatoms. The smallest absolute Gasteiger partial charge is 0.408 e. The van der Waals surface area contributed by atoms with E-state index in [1.165, 1.54) is 0 Å². The summed E-state index contributed by atoms with van der Waals surface area (Å²) in [6, 6.07) is 4.78. The van der Waals surface area contributed by atoms with Crippen LogP contribution in [0, 0.1) is 11.3 Å². The number of para-hydroxylation sites is 1. The van der Waals surface area contributed by atoms with Crippen LogP contribution in [0.4, 0.5) is 4.79 Å². The van der Waals surface area contributed by atoms with Gasteiger partial charge in [-0.05, 0) is 51.2 Å². The van der Waals surface area contributed by atoms with Gasteiger partial charge >= 0.3 is 6.09 Å². The second-order valence-corrected chi connectivity index (χ2v) is 13.3. The first-order chi connectivity index (χ1) is 20.4. The topological polar surface area (TPSA) is 194 Å². The summed E-state index contributed by atoms with van der Waals surface area (Å²) in [6.07, 6.45) is 2.40. The normalized spacial score (nSPS) is 14.5. The van der Waals surface area contributed by atoms with E-state index in [2.05, 4.69) is 25.9 Å². The maximum Gasteiger partial charge on any atom is 0.408 e. The molecule has 44 heavy (non-hydrogen) atoms. The number of aromatic amines is 1. The lowest BCUT2D eigenvalue weighted by Crippen LogP contribution is -2.58. The van der Waals surface area contributed by atoms with Crippen molar-refractivity contribution in [3.05, 3.63) is 36.0 Å². The van der Waals surface area contributed by atoms with Gasteiger partial charge in [0.05, 0.1) is 6.04 Å². The number of H-pyrrole nitrogens is 1. The molecule has 2 aromatic rings. The van der Waals surface area contributed by atoms with Gasteiger partial charge in [0.15, 0.2) is 11.7 Å². The van der Waals surface area contributed by atoms with Crippen molar-refractivity contribution >= 4 is 40.6 Å². The number of aromatic nitrogens is 1. The maximum absolute atomic E-state index is 13.8. The second-order valence-electron chi connectivity index (χ2n) is 13.3. The van der Waals surface area contributed by atoms with E-state index in [0.717, 1.165) is 16.5 Å². The number of nitrogens with zero attached hydrogens (tertiary/aromatic N) is 1. The van der Waals surface area contributed by atoms with Crippen LogP contribution in [0.15, 0.2) is 35.5 Å². The lowest BCUT2D eigenvalue weighted by Gasteiger charge is -2.31. The molecule has 4 atom stereocenters. The highest BCUT2D eigenvalue weighted by molar-refractivity contribution is 5.96. The first-order valence-corrected chi connectivity index (χ1v) is 15.2. The van der Waals surface area contributed by atoms with E-state index in [1.807, 2.05) is 58.9 Å². The van der Waals surface area contributed by atoms with Crippen LogP contribution in [0.25, 0.3) is 10.9 Å². The molecule has 0 aliphatic rings. The SMILES string of the molecule is CC[C@H](C)[C@H](NC(=O)[C@H](CCCN=C(N)N)NC(=O)[C@H](Cc1c[nH]c2ccccc12)NC(=O)OC(C)(C)C)C(=O)C(C)(C)C. The van der Waals surface area contributed by atoms with Crippen molar-refractivity contribution in [3.63, 3.8) is 0 Å². The van der Waals surface area contributed by atoms with Gasteiger partial charge in [-0.2, -0.15) is 0 Å². The van der Waals surface area contributed by atoms with Crippen molar-refractivity contribution in [2.24, 2.45) is 27.8 Å². The molecule has 3 amide bonds. The number of guanidine groups is 1. The number of rotatable bonds is 14. The highest BCUT2D eigenvalue weighted by Crippen LogP contribution is 2.23. The van der Waals surface area contributed by atoms with Crippen molar-refractivity contribution in [1.29, 1.82) is 0 Å². The molecule has 8 N–H and O–H groups in total. The number of hydrogen-bond donors (Lipinski definition) is 6. The van der Waals surface area contributed by atoms with E-state index in [4.69, 9.17) is 16.2 Å². The zero-order chi connectivity index (χ0) is 33.2. The van der Waals surface area contributed by atoms with Gasteiger partial charge in [0.25, 0.3) is 0 Å². The molecular weight excluding hydrogens is 562 g/mol. The third kappa shape index (κ3) is 11.2. The van der Waals surface area contributed by atoms with Gasteiger partial charge < -0.3 is 37.1 Å². The van der Waals surface area contributed by atoms with Crippen molar-refractivity contribution in [1.82, 2.24) is 20.9 Å². The van der Waals surface area contributed by atoms with Gasteiger partial charge in [-0.15, -0.1) is 0 Å². The minimum atomic E-state index is -1.07. The molecule has 0 fully saturated rings. The Balaban J connectivity index is 2.38. The summed E-state index contributed by atoms with van der Waals surface area (Å²) < 4.78 is 5.44. The van der Waals surface area contributed by atoms with Gasteiger partial charge in [0.1, 0.15) is 17.7 Å². The van der Waals surface area contributed by atoms with E-state index in [1.54, 1.807) is 27.0 Å². The zero-order valence-corrected chi connectivity index (χ0v) is 27.4. The Morgan fingerprint density at radius 1 is 0.955 bits per heavy atom. The van der Waals surface area contributed by atoms with E-state index in [9.17, 15) is 19.2 Å². The van der Waals surface area contributed by atoms with E-state index >= 15 is 0 Å². The lowest BCUT2D eigenvalue weighted by molar-refractivity contribution is -0.135. The fourth-order valence-electron chi connectivity index (χ4n) is 4.65. The number of nitrogens with one attached hydrogen (secondary N) is 4. The Kier molecular flexibility index (Phi) is 12.8. The van der Waals surface area contributed by atoms with Crippen LogP contribution in [0.2, 0.25) is 0 Å². The molecule has 1 aromatic heterocycles. The quantitative estimate of drug-likeness (QED) is 0.107. The molecule has 0 saturated heterocycles. The fourth-order valence-corrected chi connectivity index (χ4v) is 4.65. The predicted octanol–water partition coefficient (Wildman–Crippen LogP) is 3.29. The highest BCUT2D eigenvalue weighted by Gasteiger charge is 2.36. The molecule has 2 rings (SSSR count). The van der Waals surface area contributed by atoms with Crippen LogP contribution >= 0.6 is 0 Å². The maximum atomic E-state index is 13.8. The van der Waals surface area contributed by atoms with Crippen LogP contribution in [0.1, 0.15) is 80.2 Å². The summed E-state index contributed by atoms with van der Waals surface area (Å²) in [7, 11) is 0. The lowest BCUT2D eigenvalue weighted by atomic mass is 9.81. The number of Topliss-reactive ketones (excluding diaryl/α,β-unsaturated/α-hetero) is 1. The molecule has 0 bridgehead atoms. The molecule has 0 spiro atoms. The number of carbonyl (C=O) groups is 4. The fraction of sp³-hybridized carbons (Fsp3) is 0.594. The Labute approximate surface area is 260 Å². The minimum Gasteiger partial charge on any atom is -0.444 e. The summed E-state index contributed by atoms with van der Waals surface area (Å²) >= 11 is 0. The van der Waals surface area contributed by atoms with Crippen LogP contribution in [-0.2, 0) is 25.5 Å². The first-order valence-electron chi connectivity index (χ1n) is 15.2. The third-order valence-electron chi connectivity index (χ3n) is 7.22. The third-order valence-corrected chi connectivity index (χ3v) is 7.22. The van der Waals surface area contributed by atoms with Crippen LogP contribution < -0.4 is 27.4 Å². The summed E-state index contributed by atoms with van der Waals surface area (Å²) in [6.45, 7) is 14.7. The van der Waals surface area contributed by atoms with Crippen molar-refractivity contribution in [3.8, 4) is 0 Å². The van der Waals surface area contributed by atoms with E-state index < -0.39 is 47.0 Å². The van der Waals surface area contributed by atoms with E-state index in [0.29, 0.717) is 12.8 Å². The molecule has 0 saturated carbocycles. The van der Waals surface area contributed by atoms with Crippen molar-refractivity contribution < 1.29 is 23.9 Å². The van der Waals surface area contributed by atoms with Crippen molar-refractivity contribution in [2.45, 2.75) is 105 Å². The minimum absolute atomic E-state index is 0.0806. The number of carbonyl (C=O) groups excluding carboxylic acids is 4. The molecular formula is C32H51N7O5. The van der Waals surface area contributed by atoms with Crippen LogP contribution in [0.5, 0.6) is 0 Å². The average molecular weight is 614 g/mol. The first kappa shape index (κ1) is 36.1. The molecule has 0 radical (unpaired) electrons. The summed E-state index contributed by atoms with van der Waals surface area (Å²) in [5, 5.41) is 9.31. The highest BCUT2D eigenvalue weighted by atomic mass is 16.6. The van der Waals surface area contributed by atoms with Crippen LogP contribution in [0.3, 0.4) is 0 Å². The molecule has 0 unspecified atom stereocenters. The van der Waals surface area contributed by atoms with Gasteiger partial charge in [-0.25, -0.2) is 4.79 Å². The number of benzene rings is 1. The zero-order valence-electron chi connectivity index (χ0n) is 27.4. The number of ketones is 1. The number of ether oxygens (including phenoxy) is 1. The Bertz CT molecular complexity index is 1320. The molecule has 1 aromatic carbocycles. The molecule has 1 heterocycles. The molecule has 244 valence electrons. The van der Waals surface area contributed by atoms with E-state index in [-0.39, 0.29) is 37.0 Å². The van der Waals surface area contributed by atoms with Gasteiger partial charge in [0, 0.05) is 35.5 Å². The van der Waals surface area contributed by atoms with Gasteiger partial charge in [-0.1, -0.05) is 59.2 Å². The Hall–Kier alpha value is -4.09. The standard InChI is InChI=1S/C32H51N7O5/c1-9-19(2)25(26(40)31(3,4)5)39-27(41)23(15-12-16-35-29(33)34)37-28(42)24(38-30(43)44-32(6,7)8)17-20-18-36-22-14-11-10-13-21(20)22/h10-11,13-14,18-19,23-25,36H,9,12,15-17H2,1-8H3,(H,37,42)(H,38,43)(H,39,41)(H4,33,34,35)/t19-,23-,24-,25-/m0/s1. The second kappa shape index (κ2) is 15.6. The number of fused-ring (bicyclic) bond motifs is 1. The molecule has 0 aliphatic carbocycles.